The van der Waals surface area contributed by atoms with Crippen LogP contribution in [-0.2, 0) is 0 Å². The Labute approximate surface area is 106 Å². The van der Waals surface area contributed by atoms with Crippen molar-refractivity contribution in [3.05, 3.63) is 0 Å². The zero-order chi connectivity index (χ0) is 12.2. The maximum Gasteiger partial charge on any atom is 0.0552 e. The molecule has 1 heterocycles. The number of hydrogen-bond donors (Lipinski definition) is 2. The minimum absolute atomic E-state index is 0.154. The van der Waals surface area contributed by atoms with Crippen LogP contribution >= 0.6 is 12.6 Å². The van der Waals surface area contributed by atoms with Crippen LogP contribution in [0.1, 0.15) is 40.0 Å². The first kappa shape index (κ1) is 14.3. The molecule has 1 aliphatic heterocycles. The van der Waals surface area contributed by atoms with Crippen molar-refractivity contribution in [3.8, 4) is 0 Å². The van der Waals surface area contributed by atoms with Crippen molar-refractivity contribution >= 4 is 12.6 Å². The van der Waals surface area contributed by atoms with E-state index < -0.39 is 0 Å². The minimum atomic E-state index is -0.154. The highest BCUT2D eigenvalue weighted by Crippen LogP contribution is 2.31. The van der Waals surface area contributed by atoms with Crippen molar-refractivity contribution in [2.24, 2.45) is 11.3 Å². The zero-order valence-electron chi connectivity index (χ0n) is 10.9. The summed E-state index contributed by atoms with van der Waals surface area (Å²) in [5.41, 5.74) is 0.372. The molecule has 1 N–H and O–H groups in total. The molecule has 1 aliphatic rings. The summed E-state index contributed by atoms with van der Waals surface area (Å²) in [4.78, 5) is 2.51. The maximum absolute atomic E-state index is 9.60. The molecular formula is C13H27NOS. The molecule has 96 valence electrons. The summed E-state index contributed by atoms with van der Waals surface area (Å²) >= 11 is 4.52. The van der Waals surface area contributed by atoms with Gasteiger partial charge in [0.2, 0.25) is 0 Å². The van der Waals surface area contributed by atoms with Gasteiger partial charge in [-0.2, -0.15) is 12.6 Å². The van der Waals surface area contributed by atoms with E-state index in [-0.39, 0.29) is 6.10 Å². The van der Waals surface area contributed by atoms with Crippen LogP contribution in [-0.4, -0.2) is 41.5 Å². The second-order valence-electron chi connectivity index (χ2n) is 5.39. The van der Waals surface area contributed by atoms with E-state index in [2.05, 4.69) is 31.4 Å². The van der Waals surface area contributed by atoms with Crippen LogP contribution in [0.3, 0.4) is 0 Å². The Morgan fingerprint density at radius 2 is 2.06 bits per heavy atom. The normalized spacial score (nSPS) is 24.9. The van der Waals surface area contributed by atoms with Crippen molar-refractivity contribution in [3.63, 3.8) is 0 Å². The number of aliphatic hydroxyl groups is 1. The number of hydrogen-bond acceptors (Lipinski definition) is 3. The van der Waals surface area contributed by atoms with Crippen LogP contribution in [0.4, 0.5) is 0 Å². The van der Waals surface area contributed by atoms with Crippen LogP contribution in [0.2, 0.25) is 0 Å². The topological polar surface area (TPSA) is 23.5 Å². The van der Waals surface area contributed by atoms with Gasteiger partial charge < -0.3 is 10.0 Å². The summed E-state index contributed by atoms with van der Waals surface area (Å²) in [7, 11) is 0. The van der Waals surface area contributed by atoms with Crippen LogP contribution in [0, 0.1) is 11.3 Å². The lowest BCUT2D eigenvalue weighted by molar-refractivity contribution is 0.118. The summed E-state index contributed by atoms with van der Waals surface area (Å²) in [6.07, 6.45) is 3.39. The second kappa shape index (κ2) is 6.27. The van der Waals surface area contributed by atoms with Crippen molar-refractivity contribution in [1.29, 1.82) is 0 Å². The first-order valence-corrected chi connectivity index (χ1v) is 7.21. The van der Waals surface area contributed by atoms with Gasteiger partial charge in [0.25, 0.3) is 0 Å². The SMILES string of the molecule is CCC(CC)(CS)CN1CCC(C(C)O)C1. The molecule has 0 saturated carbocycles. The summed E-state index contributed by atoms with van der Waals surface area (Å²) < 4.78 is 0. The standard InChI is InChI=1S/C13H27NOS/c1-4-13(5-2,10-16)9-14-7-6-12(8-14)11(3)15/h11-12,15-16H,4-10H2,1-3H3. The zero-order valence-corrected chi connectivity index (χ0v) is 11.8. The van der Waals surface area contributed by atoms with Gasteiger partial charge in [-0.1, -0.05) is 13.8 Å². The Morgan fingerprint density at radius 1 is 1.44 bits per heavy atom. The van der Waals surface area contributed by atoms with E-state index in [9.17, 15) is 5.11 Å². The van der Waals surface area contributed by atoms with Gasteiger partial charge in [0, 0.05) is 13.1 Å². The molecule has 3 heteroatoms. The Balaban J connectivity index is 2.48. The Morgan fingerprint density at radius 3 is 2.44 bits per heavy atom. The van der Waals surface area contributed by atoms with Crippen molar-refractivity contribution in [1.82, 2.24) is 4.90 Å². The second-order valence-corrected chi connectivity index (χ2v) is 5.71. The van der Waals surface area contributed by atoms with Crippen molar-refractivity contribution < 1.29 is 5.11 Å². The van der Waals surface area contributed by atoms with Crippen LogP contribution in [0.5, 0.6) is 0 Å². The number of rotatable bonds is 6. The summed E-state index contributed by atoms with van der Waals surface area (Å²) in [6, 6.07) is 0. The average Bonchev–Trinajstić information content (AvgIpc) is 2.74. The highest BCUT2D eigenvalue weighted by molar-refractivity contribution is 7.80. The minimum Gasteiger partial charge on any atom is -0.393 e. The highest BCUT2D eigenvalue weighted by atomic mass is 32.1. The number of aliphatic hydroxyl groups excluding tert-OH is 1. The van der Waals surface area contributed by atoms with E-state index in [1.165, 1.54) is 12.8 Å². The van der Waals surface area contributed by atoms with Gasteiger partial charge in [-0.25, -0.2) is 0 Å². The molecule has 0 aromatic carbocycles. The molecular weight excluding hydrogens is 218 g/mol. The smallest absolute Gasteiger partial charge is 0.0552 e. The fraction of sp³-hybridized carbons (Fsp3) is 1.00. The van der Waals surface area contributed by atoms with Gasteiger partial charge in [0.1, 0.15) is 0 Å². The lowest BCUT2D eigenvalue weighted by Gasteiger charge is -2.34. The third kappa shape index (κ3) is 3.38. The monoisotopic (exact) mass is 245 g/mol. The highest BCUT2D eigenvalue weighted by Gasteiger charge is 2.32. The molecule has 2 nitrogen and oxygen atoms in total. The Kier molecular flexibility index (Phi) is 5.62. The fourth-order valence-electron chi connectivity index (χ4n) is 2.62. The van der Waals surface area contributed by atoms with Crippen molar-refractivity contribution in [2.75, 3.05) is 25.4 Å². The van der Waals surface area contributed by atoms with Crippen LogP contribution < -0.4 is 0 Å². The number of likely N-dealkylation sites (tertiary alicyclic amines) is 1. The molecule has 2 unspecified atom stereocenters. The number of thiol groups is 1. The molecule has 1 saturated heterocycles. The first-order valence-electron chi connectivity index (χ1n) is 6.58. The summed E-state index contributed by atoms with van der Waals surface area (Å²) in [5.74, 6) is 1.45. The molecule has 0 radical (unpaired) electrons. The summed E-state index contributed by atoms with van der Waals surface area (Å²) in [5, 5.41) is 9.60. The van der Waals surface area contributed by atoms with E-state index in [1.54, 1.807) is 0 Å². The van der Waals surface area contributed by atoms with Gasteiger partial charge in [-0.05, 0) is 49.8 Å². The van der Waals surface area contributed by atoms with Crippen molar-refractivity contribution in [2.45, 2.75) is 46.1 Å². The van der Waals surface area contributed by atoms with Gasteiger partial charge in [-0.15, -0.1) is 0 Å². The average molecular weight is 245 g/mol. The molecule has 1 fully saturated rings. The molecule has 16 heavy (non-hydrogen) atoms. The third-order valence-corrected chi connectivity index (χ3v) is 5.06. The fourth-order valence-corrected chi connectivity index (χ4v) is 3.17. The van der Waals surface area contributed by atoms with Gasteiger partial charge >= 0.3 is 0 Å². The Hall–Kier alpha value is 0.270. The molecule has 2 atom stereocenters. The molecule has 0 bridgehead atoms. The predicted molar refractivity (Wildman–Crippen MR) is 73.1 cm³/mol. The van der Waals surface area contributed by atoms with E-state index in [0.29, 0.717) is 11.3 Å². The first-order chi connectivity index (χ1) is 7.56. The van der Waals surface area contributed by atoms with Crippen LogP contribution in [0.15, 0.2) is 0 Å². The van der Waals surface area contributed by atoms with Gasteiger partial charge in [-0.3, -0.25) is 0 Å². The molecule has 0 aromatic heterocycles. The molecule has 1 rings (SSSR count). The van der Waals surface area contributed by atoms with Gasteiger partial charge in [0.05, 0.1) is 6.10 Å². The maximum atomic E-state index is 9.60. The molecule has 0 amide bonds. The van der Waals surface area contributed by atoms with E-state index in [1.807, 2.05) is 6.92 Å². The van der Waals surface area contributed by atoms with E-state index >= 15 is 0 Å². The lowest BCUT2D eigenvalue weighted by Crippen LogP contribution is -2.38. The van der Waals surface area contributed by atoms with E-state index in [4.69, 9.17) is 0 Å². The molecule has 0 aliphatic carbocycles. The van der Waals surface area contributed by atoms with Crippen LogP contribution in [0.25, 0.3) is 0 Å². The van der Waals surface area contributed by atoms with E-state index in [0.717, 1.165) is 31.8 Å². The largest absolute Gasteiger partial charge is 0.393 e. The molecule has 0 spiro atoms. The number of nitrogens with zero attached hydrogens (tertiary/aromatic N) is 1. The molecule has 0 aromatic rings. The lowest BCUT2D eigenvalue weighted by atomic mass is 9.84. The predicted octanol–water partition coefficient (Wildman–Crippen LogP) is 2.43. The quantitative estimate of drug-likeness (QED) is 0.702. The van der Waals surface area contributed by atoms with Gasteiger partial charge in [0.15, 0.2) is 0 Å². The third-order valence-electron chi connectivity index (χ3n) is 4.39. The summed E-state index contributed by atoms with van der Waals surface area (Å²) in [6.45, 7) is 9.80. The Bertz CT molecular complexity index is 196.